The van der Waals surface area contributed by atoms with Gasteiger partial charge in [-0.05, 0) is 60.4 Å². The molecule has 4 rings (SSSR count). The Morgan fingerprint density at radius 1 is 0.639 bits per heavy atom. The van der Waals surface area contributed by atoms with Crippen molar-refractivity contribution < 1.29 is 10.2 Å². The molecule has 0 saturated heterocycles. The number of aliphatic imine (C=N–C) groups is 2. The largest absolute Gasteiger partial charge is 0.507 e. The highest BCUT2D eigenvalue weighted by Gasteiger charge is 2.11. The van der Waals surface area contributed by atoms with E-state index in [1.807, 2.05) is 60.7 Å². The third kappa shape index (κ3) is 5.80. The van der Waals surface area contributed by atoms with Gasteiger partial charge in [-0.25, -0.2) is 0 Å². The summed E-state index contributed by atoms with van der Waals surface area (Å²) in [5.74, 6) is 0.282. The van der Waals surface area contributed by atoms with E-state index in [9.17, 15) is 10.2 Å². The number of para-hydroxylation sites is 6. The average Bonchev–Trinajstić information content (AvgIpc) is 2.87. The number of nitrogens with zero attached hydrogens (tertiary/aromatic N) is 2. The Bertz CT molecular complexity index is 1350. The minimum Gasteiger partial charge on any atom is -0.507 e. The van der Waals surface area contributed by atoms with Gasteiger partial charge in [-0.1, -0.05) is 60.7 Å². The molecule has 180 valence electrons. The first-order valence-electron chi connectivity index (χ1n) is 11.5. The van der Waals surface area contributed by atoms with Gasteiger partial charge in [0.25, 0.3) is 0 Å². The van der Waals surface area contributed by atoms with Crippen LogP contribution < -0.4 is 11.5 Å². The number of phenols is 2. The van der Waals surface area contributed by atoms with E-state index in [-0.39, 0.29) is 11.5 Å². The maximum atomic E-state index is 10.8. The molecular weight excluding hydrogens is 448 g/mol. The Balaban J connectivity index is 1.48. The highest BCUT2D eigenvalue weighted by molar-refractivity contribution is 5.88. The summed E-state index contributed by atoms with van der Waals surface area (Å²) in [6, 6.07) is 25.6. The molecule has 0 aliphatic carbocycles. The van der Waals surface area contributed by atoms with Crippen LogP contribution >= 0.6 is 0 Å². The van der Waals surface area contributed by atoms with Crippen LogP contribution in [-0.4, -0.2) is 22.6 Å². The Labute approximate surface area is 210 Å². The molecule has 0 aliphatic heterocycles. The lowest BCUT2D eigenvalue weighted by atomic mass is 9.96. The number of aromatic hydroxyl groups is 2. The van der Waals surface area contributed by atoms with Gasteiger partial charge < -0.3 is 21.7 Å². The summed E-state index contributed by atoms with van der Waals surface area (Å²) in [6.07, 6.45) is 4.08. The van der Waals surface area contributed by atoms with E-state index in [0.29, 0.717) is 46.7 Å². The second kappa shape index (κ2) is 11.1. The quantitative estimate of drug-likeness (QED) is 0.139. The van der Waals surface area contributed by atoms with Gasteiger partial charge >= 0.3 is 0 Å². The number of allylic oxidation sites excluding steroid dienone is 1. The molecule has 6 nitrogen and oxygen atoms in total. The molecule has 4 aromatic carbocycles. The van der Waals surface area contributed by atoms with E-state index >= 15 is 0 Å². The van der Waals surface area contributed by atoms with Gasteiger partial charge in [-0.2, -0.15) is 0 Å². The number of nitrogen functional groups attached to an aromatic ring is 2. The minimum absolute atomic E-state index is 0.141. The third-order valence-corrected chi connectivity index (χ3v) is 5.74. The monoisotopic (exact) mass is 476 g/mol. The van der Waals surface area contributed by atoms with Crippen molar-refractivity contribution in [3.8, 4) is 11.5 Å². The first kappa shape index (κ1) is 24.3. The summed E-state index contributed by atoms with van der Waals surface area (Å²) in [7, 11) is 0. The van der Waals surface area contributed by atoms with E-state index < -0.39 is 0 Å². The molecular formula is C30H28N4O2. The number of rotatable bonds is 8. The lowest BCUT2D eigenvalue weighted by Crippen LogP contribution is -1.98. The lowest BCUT2D eigenvalue weighted by molar-refractivity contribution is 0.467. The lowest BCUT2D eigenvalue weighted by Gasteiger charge is -2.12. The van der Waals surface area contributed by atoms with Crippen molar-refractivity contribution in [1.82, 2.24) is 0 Å². The van der Waals surface area contributed by atoms with Gasteiger partial charge in [0.2, 0.25) is 0 Å². The molecule has 0 aliphatic rings. The number of benzene rings is 4. The summed E-state index contributed by atoms with van der Waals surface area (Å²) in [5, 5.41) is 21.6. The Morgan fingerprint density at radius 2 is 1.06 bits per heavy atom. The standard InChI is InChI=1S/C30H28N4O2/c1-20(16-21-8-6-10-23(29(21)35)18-33-27-14-4-2-12-25(27)31)17-22-9-7-11-24(30(22)36)19-34-28-15-5-3-13-26(28)32/h2-15,18-19,35-36H,1,16-17,31-32H2. The molecule has 0 fully saturated rings. The molecule has 0 bridgehead atoms. The van der Waals surface area contributed by atoms with Crippen LogP contribution in [-0.2, 0) is 12.8 Å². The van der Waals surface area contributed by atoms with Gasteiger partial charge in [0.1, 0.15) is 11.5 Å². The van der Waals surface area contributed by atoms with Crippen molar-refractivity contribution in [2.24, 2.45) is 9.98 Å². The van der Waals surface area contributed by atoms with Crippen molar-refractivity contribution in [2.75, 3.05) is 11.5 Å². The predicted octanol–water partition coefficient (Wildman–Crippen LogP) is 6.10. The van der Waals surface area contributed by atoms with Crippen LogP contribution in [0.2, 0.25) is 0 Å². The molecule has 0 amide bonds. The molecule has 0 radical (unpaired) electrons. The molecule has 0 atom stereocenters. The molecule has 0 heterocycles. The molecule has 6 heteroatoms. The second-order valence-corrected chi connectivity index (χ2v) is 8.45. The summed E-state index contributed by atoms with van der Waals surface area (Å²) < 4.78 is 0. The van der Waals surface area contributed by atoms with E-state index in [1.165, 1.54) is 0 Å². The van der Waals surface area contributed by atoms with E-state index in [0.717, 1.165) is 16.7 Å². The van der Waals surface area contributed by atoms with Crippen LogP contribution in [0.3, 0.4) is 0 Å². The van der Waals surface area contributed by atoms with Gasteiger partial charge in [-0.3, -0.25) is 9.98 Å². The Kier molecular flexibility index (Phi) is 7.46. The van der Waals surface area contributed by atoms with E-state index in [1.54, 1.807) is 36.7 Å². The highest BCUT2D eigenvalue weighted by Crippen LogP contribution is 2.29. The number of hydrogen-bond donors (Lipinski definition) is 4. The highest BCUT2D eigenvalue weighted by atomic mass is 16.3. The topological polar surface area (TPSA) is 117 Å². The van der Waals surface area contributed by atoms with Crippen molar-refractivity contribution in [3.63, 3.8) is 0 Å². The van der Waals surface area contributed by atoms with Crippen molar-refractivity contribution >= 4 is 35.2 Å². The fourth-order valence-corrected chi connectivity index (χ4v) is 3.81. The first-order valence-corrected chi connectivity index (χ1v) is 11.5. The van der Waals surface area contributed by atoms with Crippen LogP contribution in [0.1, 0.15) is 22.3 Å². The number of hydrogen-bond acceptors (Lipinski definition) is 6. The number of nitrogens with two attached hydrogens (primary N) is 2. The van der Waals surface area contributed by atoms with Crippen molar-refractivity contribution in [3.05, 3.63) is 119 Å². The molecule has 6 N–H and O–H groups in total. The number of phenolic OH excluding ortho intramolecular Hbond substituents is 2. The molecule has 36 heavy (non-hydrogen) atoms. The molecule has 4 aromatic rings. The van der Waals surface area contributed by atoms with Gasteiger partial charge in [-0.15, -0.1) is 0 Å². The van der Waals surface area contributed by atoms with E-state index in [4.69, 9.17) is 11.5 Å². The normalized spacial score (nSPS) is 11.3. The van der Waals surface area contributed by atoms with E-state index in [2.05, 4.69) is 16.6 Å². The first-order chi connectivity index (χ1) is 17.4. The fraction of sp³-hybridized carbons (Fsp3) is 0.0667. The predicted molar refractivity (Wildman–Crippen MR) is 149 cm³/mol. The molecule has 0 aromatic heterocycles. The Hall–Kier alpha value is -4.84. The van der Waals surface area contributed by atoms with Crippen LogP contribution in [0, 0.1) is 0 Å². The average molecular weight is 477 g/mol. The minimum atomic E-state index is 0.141. The van der Waals surface area contributed by atoms with Crippen LogP contribution in [0.15, 0.2) is 107 Å². The SMILES string of the molecule is C=C(Cc1cccc(C=Nc2ccccc2N)c1O)Cc1cccc(C=Nc2ccccc2N)c1O. The summed E-state index contributed by atoms with van der Waals surface area (Å²) >= 11 is 0. The zero-order valence-electron chi connectivity index (χ0n) is 19.8. The second-order valence-electron chi connectivity index (χ2n) is 8.45. The van der Waals surface area contributed by atoms with Crippen molar-refractivity contribution in [1.29, 1.82) is 0 Å². The van der Waals surface area contributed by atoms with Crippen LogP contribution in [0.5, 0.6) is 11.5 Å². The van der Waals surface area contributed by atoms with Crippen LogP contribution in [0.25, 0.3) is 0 Å². The summed E-state index contributed by atoms with van der Waals surface area (Å²) in [6.45, 7) is 4.17. The van der Waals surface area contributed by atoms with Gasteiger partial charge in [0.05, 0.1) is 22.7 Å². The number of anilines is 2. The van der Waals surface area contributed by atoms with Crippen molar-refractivity contribution in [2.45, 2.75) is 12.8 Å². The summed E-state index contributed by atoms with van der Waals surface area (Å²) in [5.41, 5.74) is 17.8. The van der Waals surface area contributed by atoms with Gasteiger partial charge in [0, 0.05) is 23.6 Å². The van der Waals surface area contributed by atoms with Crippen LogP contribution in [0.4, 0.5) is 22.7 Å². The maximum Gasteiger partial charge on any atom is 0.127 e. The maximum absolute atomic E-state index is 10.8. The zero-order chi connectivity index (χ0) is 25.5. The molecule has 0 spiro atoms. The summed E-state index contributed by atoms with van der Waals surface area (Å²) in [4.78, 5) is 8.81. The Morgan fingerprint density at radius 3 is 1.47 bits per heavy atom. The molecule has 0 saturated carbocycles. The zero-order valence-corrected chi connectivity index (χ0v) is 19.8. The van der Waals surface area contributed by atoms with Gasteiger partial charge in [0.15, 0.2) is 0 Å². The molecule has 0 unspecified atom stereocenters. The smallest absolute Gasteiger partial charge is 0.127 e. The fourth-order valence-electron chi connectivity index (χ4n) is 3.81. The third-order valence-electron chi connectivity index (χ3n) is 5.74.